The molecule has 29 heavy (non-hydrogen) atoms. The van der Waals surface area contributed by atoms with Crippen LogP contribution in [0.4, 0.5) is 15.9 Å². The normalized spacial score (nSPS) is 12.5. The number of carbonyl (C=O) groups is 1. The van der Waals surface area contributed by atoms with E-state index < -0.39 is 11.8 Å². The number of fused-ring (bicyclic) bond motifs is 1. The Morgan fingerprint density at radius 2 is 2.17 bits per heavy atom. The predicted octanol–water partition coefficient (Wildman–Crippen LogP) is 4.28. The average molecular weight is 415 g/mol. The molecule has 0 fully saturated rings. The second kappa shape index (κ2) is 8.10. The maximum atomic E-state index is 14.4. The summed E-state index contributed by atoms with van der Waals surface area (Å²) in [6.07, 6.45) is 2.95. The van der Waals surface area contributed by atoms with Crippen LogP contribution in [0.3, 0.4) is 0 Å². The quantitative estimate of drug-likeness (QED) is 0.623. The maximum Gasteiger partial charge on any atom is 0.341 e. The number of rotatable bonds is 5. The summed E-state index contributed by atoms with van der Waals surface area (Å²) in [6.45, 7) is 2.54. The van der Waals surface area contributed by atoms with E-state index in [2.05, 4.69) is 20.3 Å². The fourth-order valence-electron chi connectivity index (χ4n) is 2.95. The zero-order valence-corrected chi connectivity index (χ0v) is 16.2. The number of benzene rings is 1. The Labute approximate surface area is 170 Å². The molecule has 1 aliphatic heterocycles. The van der Waals surface area contributed by atoms with E-state index in [4.69, 9.17) is 21.1 Å². The van der Waals surface area contributed by atoms with Crippen molar-refractivity contribution >= 4 is 29.1 Å². The molecule has 0 amide bonds. The molecule has 1 aliphatic rings. The van der Waals surface area contributed by atoms with Gasteiger partial charge in [0.25, 0.3) is 0 Å². The maximum absolute atomic E-state index is 14.4. The lowest BCUT2D eigenvalue weighted by Gasteiger charge is -2.14. The first-order valence-corrected chi connectivity index (χ1v) is 9.25. The topological polar surface area (TPSA) is 86.2 Å². The van der Waals surface area contributed by atoms with Gasteiger partial charge in [0.15, 0.2) is 5.82 Å². The highest BCUT2D eigenvalue weighted by Gasteiger charge is 2.23. The number of ether oxygens (including phenoxy) is 2. The van der Waals surface area contributed by atoms with E-state index in [1.807, 2.05) is 0 Å². The summed E-state index contributed by atoms with van der Waals surface area (Å²) in [6, 6.07) is 5.82. The molecule has 3 heterocycles. The lowest BCUT2D eigenvalue weighted by molar-refractivity contribution is 0.0527. The van der Waals surface area contributed by atoms with E-state index >= 15 is 0 Å². The Hall–Kier alpha value is -3.10. The van der Waals surface area contributed by atoms with E-state index in [-0.39, 0.29) is 30.2 Å². The Bertz CT molecular complexity index is 1090. The van der Waals surface area contributed by atoms with E-state index in [1.54, 1.807) is 19.2 Å². The zero-order chi connectivity index (χ0) is 20.4. The highest BCUT2D eigenvalue weighted by molar-refractivity contribution is 6.30. The van der Waals surface area contributed by atoms with Gasteiger partial charge < -0.3 is 14.8 Å². The fraction of sp³-hybridized carbons (Fsp3) is 0.200. The molecule has 7 nitrogen and oxygen atoms in total. The number of esters is 1. The molecule has 0 saturated carbocycles. The van der Waals surface area contributed by atoms with Crippen LogP contribution in [0, 0.1) is 5.82 Å². The summed E-state index contributed by atoms with van der Waals surface area (Å²) < 4.78 is 24.9. The number of aromatic nitrogens is 3. The van der Waals surface area contributed by atoms with Gasteiger partial charge in [-0.2, -0.15) is 0 Å². The number of nitrogens with one attached hydrogen (secondary N) is 1. The number of anilines is 2. The summed E-state index contributed by atoms with van der Waals surface area (Å²) in [5.74, 6) is -0.413. The average Bonchev–Trinajstić information content (AvgIpc) is 3.19. The molecule has 0 saturated heterocycles. The number of pyridine rings is 1. The third-order valence-corrected chi connectivity index (χ3v) is 4.55. The highest BCUT2D eigenvalue weighted by atomic mass is 35.5. The van der Waals surface area contributed by atoms with Crippen molar-refractivity contribution < 1.29 is 18.7 Å². The van der Waals surface area contributed by atoms with E-state index in [9.17, 15) is 9.18 Å². The molecule has 148 valence electrons. The summed E-state index contributed by atoms with van der Waals surface area (Å²) in [7, 11) is 0. The monoisotopic (exact) mass is 414 g/mol. The van der Waals surface area contributed by atoms with Gasteiger partial charge in [0.2, 0.25) is 0 Å². The molecule has 0 aliphatic carbocycles. The molecular weight excluding hydrogens is 399 g/mol. The molecule has 9 heteroatoms. The predicted molar refractivity (Wildman–Crippen MR) is 104 cm³/mol. The first-order valence-electron chi connectivity index (χ1n) is 8.88. The summed E-state index contributed by atoms with van der Waals surface area (Å²) in [4.78, 5) is 25.1. The third-order valence-electron chi connectivity index (χ3n) is 4.32. The van der Waals surface area contributed by atoms with Crippen LogP contribution in [-0.2, 0) is 22.7 Å². The lowest BCUT2D eigenvalue weighted by atomic mass is 10.1. The van der Waals surface area contributed by atoms with Gasteiger partial charge in [-0.3, -0.25) is 4.98 Å². The summed E-state index contributed by atoms with van der Waals surface area (Å²) in [5.41, 5.74) is 2.28. The molecule has 1 aromatic carbocycles. The van der Waals surface area contributed by atoms with Crippen molar-refractivity contribution in [2.75, 3.05) is 11.9 Å². The molecule has 0 unspecified atom stereocenters. The number of hydrogen-bond acceptors (Lipinski definition) is 7. The first kappa shape index (κ1) is 19.2. The molecule has 2 aromatic heterocycles. The zero-order valence-electron chi connectivity index (χ0n) is 15.4. The minimum absolute atomic E-state index is 0.170. The first-order chi connectivity index (χ1) is 14.1. The van der Waals surface area contributed by atoms with Crippen LogP contribution in [0.1, 0.15) is 28.5 Å². The molecule has 0 atom stereocenters. The molecule has 0 bridgehead atoms. The van der Waals surface area contributed by atoms with Crippen LogP contribution in [0.5, 0.6) is 0 Å². The number of halogens is 2. The smallest absolute Gasteiger partial charge is 0.341 e. The van der Waals surface area contributed by atoms with Crippen molar-refractivity contribution in [3.8, 4) is 11.4 Å². The summed E-state index contributed by atoms with van der Waals surface area (Å²) in [5, 5.41) is 3.50. The molecular formula is C20H16ClFN4O3. The van der Waals surface area contributed by atoms with E-state index in [1.165, 1.54) is 24.4 Å². The molecule has 0 radical (unpaired) electrons. The van der Waals surface area contributed by atoms with Gasteiger partial charge >= 0.3 is 5.97 Å². The Morgan fingerprint density at radius 3 is 3.00 bits per heavy atom. The number of hydrogen-bond donors (Lipinski definition) is 1. The van der Waals surface area contributed by atoms with E-state index in [0.717, 1.165) is 5.56 Å². The Balaban J connectivity index is 1.79. The minimum Gasteiger partial charge on any atom is -0.462 e. The number of carbonyl (C=O) groups excluding carboxylic acids is 1. The van der Waals surface area contributed by atoms with Gasteiger partial charge in [0, 0.05) is 23.0 Å². The Morgan fingerprint density at radius 1 is 1.31 bits per heavy atom. The Kier molecular flexibility index (Phi) is 5.37. The fourth-order valence-corrected chi connectivity index (χ4v) is 3.12. The largest absolute Gasteiger partial charge is 0.462 e. The van der Waals surface area contributed by atoms with Gasteiger partial charge in [-0.1, -0.05) is 11.6 Å². The van der Waals surface area contributed by atoms with Crippen molar-refractivity contribution in [2.45, 2.75) is 20.1 Å². The number of nitrogens with zero attached hydrogens (tertiary/aromatic N) is 3. The standard InChI is InChI=1S/C20H16ClFN4O3/c1-2-29-20(27)13-8-23-6-5-16(13)24-19-14-9-28-10-17(14)25-18(26-19)12-7-11(21)3-4-15(12)22/h3-8H,2,9-10H2,1H3,(H,23,24,25,26). The van der Waals surface area contributed by atoms with Crippen molar-refractivity contribution in [3.63, 3.8) is 0 Å². The van der Waals surface area contributed by atoms with E-state index in [0.29, 0.717) is 28.8 Å². The summed E-state index contributed by atoms with van der Waals surface area (Å²) >= 11 is 6.02. The van der Waals surface area contributed by atoms with Crippen LogP contribution >= 0.6 is 11.6 Å². The third kappa shape index (κ3) is 3.90. The molecule has 1 N–H and O–H groups in total. The van der Waals surface area contributed by atoms with Gasteiger partial charge in [-0.15, -0.1) is 0 Å². The SMILES string of the molecule is CCOC(=O)c1cnccc1Nc1nc(-c2cc(Cl)ccc2F)nc2c1COC2. The van der Waals surface area contributed by atoms with Crippen LogP contribution in [0.15, 0.2) is 36.7 Å². The second-order valence-electron chi connectivity index (χ2n) is 6.20. The second-order valence-corrected chi connectivity index (χ2v) is 6.64. The molecule has 4 rings (SSSR count). The van der Waals surface area contributed by atoms with Crippen LogP contribution in [0.2, 0.25) is 5.02 Å². The van der Waals surface area contributed by atoms with Crippen molar-refractivity contribution in [1.29, 1.82) is 0 Å². The van der Waals surface area contributed by atoms with Crippen LogP contribution in [0.25, 0.3) is 11.4 Å². The lowest BCUT2D eigenvalue weighted by Crippen LogP contribution is -2.10. The minimum atomic E-state index is -0.508. The van der Waals surface area contributed by atoms with Crippen molar-refractivity contribution in [2.24, 2.45) is 0 Å². The van der Waals surface area contributed by atoms with Crippen molar-refractivity contribution in [3.05, 3.63) is 64.3 Å². The van der Waals surface area contributed by atoms with Crippen molar-refractivity contribution in [1.82, 2.24) is 15.0 Å². The van der Waals surface area contributed by atoms with Gasteiger partial charge in [0.05, 0.1) is 36.8 Å². The van der Waals surface area contributed by atoms with Gasteiger partial charge in [0.1, 0.15) is 17.2 Å². The highest BCUT2D eigenvalue weighted by Crippen LogP contribution is 2.32. The molecule has 3 aromatic rings. The van der Waals surface area contributed by atoms with Gasteiger partial charge in [-0.05, 0) is 31.2 Å². The molecule has 0 spiro atoms. The van der Waals surface area contributed by atoms with Crippen LogP contribution < -0.4 is 5.32 Å². The van der Waals surface area contributed by atoms with Gasteiger partial charge in [-0.25, -0.2) is 19.2 Å². The van der Waals surface area contributed by atoms with Crippen LogP contribution in [-0.4, -0.2) is 27.5 Å².